The van der Waals surface area contributed by atoms with Gasteiger partial charge in [-0.1, -0.05) is 189 Å². The van der Waals surface area contributed by atoms with Gasteiger partial charge in [-0.05, 0) is 77.0 Å². The second-order valence-electron chi connectivity index (χ2n) is 14.2. The Hall–Kier alpha value is -2.88. The van der Waals surface area contributed by atoms with E-state index in [0.29, 0.717) is 38.9 Å². The molecule has 0 atom stereocenters. The van der Waals surface area contributed by atoms with Gasteiger partial charge in [0.1, 0.15) is 0 Å². The summed E-state index contributed by atoms with van der Waals surface area (Å²) in [7, 11) is 0. The molecule has 0 saturated heterocycles. The van der Waals surface area contributed by atoms with E-state index in [1.807, 2.05) is 6.08 Å². The van der Waals surface area contributed by atoms with E-state index >= 15 is 0 Å². The first-order chi connectivity index (χ1) is 26.2. The number of hydrogen-bond donors (Lipinski definition) is 0. The van der Waals surface area contributed by atoms with Gasteiger partial charge in [0.05, 0.1) is 13.2 Å². The predicted octanol–water partition coefficient (Wildman–Crippen LogP) is 15.3. The number of ether oxygens (including phenoxy) is 2. The highest BCUT2D eigenvalue weighted by molar-refractivity contribution is 5.69. The van der Waals surface area contributed by atoms with E-state index in [0.717, 1.165) is 51.4 Å². The molecule has 0 amide bonds. The van der Waals surface area contributed by atoms with Crippen LogP contribution in [0.1, 0.15) is 200 Å². The van der Waals surface area contributed by atoms with E-state index in [1.165, 1.54) is 109 Å². The van der Waals surface area contributed by atoms with Crippen LogP contribution in [0, 0.1) is 0 Å². The molecule has 0 unspecified atom stereocenters. The number of allylic oxidation sites excluding steroid dienone is 14. The zero-order valence-corrected chi connectivity index (χ0v) is 34.6. The maximum atomic E-state index is 12.0. The van der Waals surface area contributed by atoms with Crippen LogP contribution < -0.4 is 0 Å². The van der Waals surface area contributed by atoms with Gasteiger partial charge < -0.3 is 9.47 Å². The van der Waals surface area contributed by atoms with E-state index in [4.69, 9.17) is 9.47 Å². The minimum Gasteiger partial charge on any atom is -0.466 e. The third-order valence-electron chi connectivity index (χ3n) is 9.07. The van der Waals surface area contributed by atoms with Crippen molar-refractivity contribution in [1.29, 1.82) is 0 Å². The van der Waals surface area contributed by atoms with Crippen molar-refractivity contribution in [2.45, 2.75) is 200 Å². The number of esters is 2. The molecule has 0 aliphatic heterocycles. The van der Waals surface area contributed by atoms with Crippen LogP contribution in [0.3, 0.4) is 0 Å². The van der Waals surface area contributed by atoms with Crippen LogP contribution in [0.15, 0.2) is 85.1 Å². The zero-order valence-electron chi connectivity index (χ0n) is 34.6. The first-order valence-electron chi connectivity index (χ1n) is 22.1. The van der Waals surface area contributed by atoms with Crippen molar-refractivity contribution < 1.29 is 19.1 Å². The summed E-state index contributed by atoms with van der Waals surface area (Å²) >= 11 is 0. The van der Waals surface area contributed by atoms with Crippen LogP contribution in [-0.2, 0) is 19.1 Å². The van der Waals surface area contributed by atoms with Crippen LogP contribution in [0.4, 0.5) is 0 Å². The molecular weight excluding hydrogens is 653 g/mol. The minimum atomic E-state index is -0.201. The Bertz CT molecular complexity index is 996. The second kappa shape index (κ2) is 45.3. The SMILES string of the molecule is CC/C=C/C/C=C/C/C=C/C/C=C/C/C=C/C/C=C/CCC(=O)OCCCOC(=O)CCCCCCCCCCCCC/C=C\CCCCCCCC. The monoisotopic (exact) mass is 735 g/mol. The summed E-state index contributed by atoms with van der Waals surface area (Å²) < 4.78 is 10.6. The van der Waals surface area contributed by atoms with Crippen LogP contribution in [-0.4, -0.2) is 25.2 Å². The predicted molar refractivity (Wildman–Crippen MR) is 231 cm³/mol. The fourth-order valence-electron chi connectivity index (χ4n) is 5.82. The molecule has 0 aliphatic carbocycles. The minimum absolute atomic E-state index is 0.137. The van der Waals surface area contributed by atoms with Gasteiger partial charge in [0.25, 0.3) is 0 Å². The van der Waals surface area contributed by atoms with Crippen LogP contribution in [0.5, 0.6) is 0 Å². The Morgan fingerprint density at radius 2 is 0.679 bits per heavy atom. The van der Waals surface area contributed by atoms with Crippen molar-refractivity contribution in [2.24, 2.45) is 0 Å². The maximum absolute atomic E-state index is 12.0. The van der Waals surface area contributed by atoms with E-state index in [9.17, 15) is 9.59 Å². The lowest BCUT2D eigenvalue weighted by atomic mass is 10.0. The number of carbonyl (C=O) groups excluding carboxylic acids is 2. The van der Waals surface area contributed by atoms with Crippen molar-refractivity contribution in [1.82, 2.24) is 0 Å². The number of hydrogen-bond acceptors (Lipinski definition) is 4. The summed E-state index contributed by atoms with van der Waals surface area (Å²) in [6.45, 7) is 5.05. The molecule has 302 valence electrons. The summed E-state index contributed by atoms with van der Waals surface area (Å²) in [5, 5.41) is 0. The second-order valence-corrected chi connectivity index (χ2v) is 14.2. The van der Waals surface area contributed by atoms with Crippen molar-refractivity contribution in [3.05, 3.63) is 85.1 Å². The Morgan fingerprint density at radius 1 is 0.340 bits per heavy atom. The first-order valence-corrected chi connectivity index (χ1v) is 22.1. The third kappa shape index (κ3) is 45.2. The van der Waals surface area contributed by atoms with Gasteiger partial charge in [-0.25, -0.2) is 0 Å². The number of unbranched alkanes of at least 4 members (excludes halogenated alkanes) is 17. The van der Waals surface area contributed by atoms with Gasteiger partial charge in [0.15, 0.2) is 0 Å². The largest absolute Gasteiger partial charge is 0.466 e. The molecule has 0 N–H and O–H groups in total. The fraction of sp³-hybridized carbons (Fsp3) is 0.673. The lowest BCUT2D eigenvalue weighted by Gasteiger charge is -2.06. The average Bonchev–Trinajstić information content (AvgIpc) is 3.16. The van der Waals surface area contributed by atoms with Crippen molar-refractivity contribution in [3.63, 3.8) is 0 Å². The summed E-state index contributed by atoms with van der Waals surface area (Å²) in [5.41, 5.74) is 0. The molecule has 0 aromatic rings. The smallest absolute Gasteiger partial charge is 0.306 e. The van der Waals surface area contributed by atoms with E-state index in [-0.39, 0.29) is 11.9 Å². The quantitative estimate of drug-likeness (QED) is 0.0358. The van der Waals surface area contributed by atoms with Crippen LogP contribution in [0.2, 0.25) is 0 Å². The molecule has 0 aliphatic rings. The molecule has 0 aromatic carbocycles. The molecule has 4 nitrogen and oxygen atoms in total. The molecule has 0 heterocycles. The average molecular weight is 735 g/mol. The highest BCUT2D eigenvalue weighted by Gasteiger charge is 2.04. The van der Waals surface area contributed by atoms with Gasteiger partial charge in [-0.2, -0.15) is 0 Å². The summed E-state index contributed by atoms with van der Waals surface area (Å²) in [6, 6.07) is 0. The molecule has 0 radical (unpaired) electrons. The lowest BCUT2D eigenvalue weighted by molar-refractivity contribution is -0.146. The molecule has 0 saturated carbocycles. The standard InChI is InChI=1S/C49H82O4/c1-3-5-7-9-11-13-15-17-19-21-23-24-26-28-30-32-34-36-38-40-42-45-49(51)53-47-43-46-52-48(50)44-41-39-37-35-33-31-29-27-25-22-20-18-16-14-12-10-8-6-4-2/h6,8,12,14,17-20,25,27,31,33,37,39H,3-5,7,9-11,13,15-16,21-24,26,28-30,32,34-36,38,40-47H2,1-2H3/b8-6+,14-12+,19-17-,20-18+,27-25+,33-31+,39-37+. The van der Waals surface area contributed by atoms with Gasteiger partial charge in [0.2, 0.25) is 0 Å². The van der Waals surface area contributed by atoms with Crippen LogP contribution in [0.25, 0.3) is 0 Å². The molecule has 0 rings (SSSR count). The summed E-state index contributed by atoms with van der Waals surface area (Å²) in [5.74, 6) is -0.338. The molecule has 0 bridgehead atoms. The molecule has 0 fully saturated rings. The fourth-order valence-corrected chi connectivity index (χ4v) is 5.82. The molecular formula is C49H82O4. The Balaban J connectivity index is 3.44. The van der Waals surface area contributed by atoms with E-state index in [1.54, 1.807) is 0 Å². The highest BCUT2D eigenvalue weighted by Crippen LogP contribution is 2.13. The molecule has 4 heteroatoms. The Morgan fingerprint density at radius 3 is 1.11 bits per heavy atom. The molecule has 0 aromatic heterocycles. The van der Waals surface area contributed by atoms with Gasteiger partial charge in [-0.15, -0.1) is 0 Å². The number of rotatable bonds is 39. The molecule has 53 heavy (non-hydrogen) atoms. The van der Waals surface area contributed by atoms with Gasteiger partial charge in [0, 0.05) is 19.3 Å². The van der Waals surface area contributed by atoms with Crippen molar-refractivity contribution in [3.8, 4) is 0 Å². The lowest BCUT2D eigenvalue weighted by Crippen LogP contribution is -2.10. The summed E-state index contributed by atoms with van der Waals surface area (Å²) in [4.78, 5) is 23.9. The van der Waals surface area contributed by atoms with Crippen molar-refractivity contribution in [2.75, 3.05) is 13.2 Å². The van der Waals surface area contributed by atoms with E-state index < -0.39 is 0 Å². The topological polar surface area (TPSA) is 52.6 Å². The van der Waals surface area contributed by atoms with Crippen LogP contribution >= 0.6 is 0 Å². The highest BCUT2D eigenvalue weighted by atomic mass is 16.5. The summed E-state index contributed by atoms with van der Waals surface area (Å²) in [6.07, 6.45) is 63.6. The number of carbonyl (C=O) groups is 2. The molecule has 0 spiro atoms. The van der Waals surface area contributed by atoms with Gasteiger partial charge >= 0.3 is 11.9 Å². The van der Waals surface area contributed by atoms with Crippen molar-refractivity contribution >= 4 is 11.9 Å². The third-order valence-corrected chi connectivity index (χ3v) is 9.07. The first kappa shape index (κ1) is 50.1. The van der Waals surface area contributed by atoms with Gasteiger partial charge in [-0.3, -0.25) is 9.59 Å². The normalized spacial score (nSPS) is 12.4. The zero-order chi connectivity index (χ0) is 38.4. The van der Waals surface area contributed by atoms with E-state index in [2.05, 4.69) is 92.8 Å². The Labute approximate surface area is 328 Å². The maximum Gasteiger partial charge on any atom is 0.306 e. The Kier molecular flexibility index (Phi) is 42.8.